The molecule has 2 heterocycles. The predicted molar refractivity (Wildman–Crippen MR) is 118 cm³/mol. The molecule has 0 aliphatic carbocycles. The molecule has 158 valence electrons. The largest absolute Gasteiger partial charge is 0.496 e. The van der Waals surface area contributed by atoms with Crippen molar-refractivity contribution in [1.82, 2.24) is 9.38 Å². The van der Waals surface area contributed by atoms with Crippen LogP contribution in [0.4, 0.5) is 5.69 Å². The third-order valence-electron chi connectivity index (χ3n) is 4.84. The third-order valence-corrected chi connectivity index (χ3v) is 6.21. The van der Waals surface area contributed by atoms with Crippen molar-refractivity contribution in [3.63, 3.8) is 0 Å². The summed E-state index contributed by atoms with van der Waals surface area (Å²) < 4.78 is 35.3. The number of rotatable bonds is 6. The molecule has 0 radical (unpaired) electrons. The molecular weight excluding hydrogens is 416 g/mol. The summed E-state index contributed by atoms with van der Waals surface area (Å²) in [6.07, 6.45) is 3.80. The first-order chi connectivity index (χ1) is 14.8. The van der Waals surface area contributed by atoms with E-state index < -0.39 is 15.9 Å². The smallest absolute Gasteiger partial charge is 0.261 e. The number of aryl methyl sites for hydroxylation is 1. The van der Waals surface area contributed by atoms with Crippen LogP contribution in [-0.2, 0) is 10.0 Å². The number of fused-ring (bicyclic) bond motifs is 1. The van der Waals surface area contributed by atoms with E-state index in [9.17, 15) is 13.2 Å². The summed E-state index contributed by atoms with van der Waals surface area (Å²) in [6.45, 7) is 1.98. The number of pyridine rings is 1. The second kappa shape index (κ2) is 7.77. The Morgan fingerprint density at radius 3 is 2.65 bits per heavy atom. The van der Waals surface area contributed by atoms with Crippen molar-refractivity contribution in [2.45, 2.75) is 11.8 Å². The van der Waals surface area contributed by atoms with Crippen LogP contribution in [0.2, 0.25) is 0 Å². The van der Waals surface area contributed by atoms with Crippen LogP contribution in [0.15, 0.2) is 71.9 Å². The first-order valence-electron chi connectivity index (χ1n) is 9.34. The Labute approximate surface area is 179 Å². The van der Waals surface area contributed by atoms with Crippen LogP contribution in [0.5, 0.6) is 5.75 Å². The number of primary amides is 1. The molecule has 0 fully saturated rings. The van der Waals surface area contributed by atoms with E-state index in [0.717, 1.165) is 22.5 Å². The Balaban J connectivity index is 1.67. The molecule has 1 amide bonds. The quantitative estimate of drug-likeness (QED) is 0.481. The minimum Gasteiger partial charge on any atom is -0.496 e. The summed E-state index contributed by atoms with van der Waals surface area (Å²) in [5.41, 5.74) is 9.04. The fourth-order valence-corrected chi connectivity index (χ4v) is 4.37. The summed E-state index contributed by atoms with van der Waals surface area (Å²) in [5, 5.41) is 0. The fourth-order valence-electron chi connectivity index (χ4n) is 3.30. The van der Waals surface area contributed by atoms with Crippen molar-refractivity contribution in [3.05, 3.63) is 78.1 Å². The molecule has 31 heavy (non-hydrogen) atoms. The average molecular weight is 436 g/mol. The van der Waals surface area contributed by atoms with Gasteiger partial charge in [-0.1, -0.05) is 18.2 Å². The van der Waals surface area contributed by atoms with Crippen LogP contribution in [0, 0.1) is 6.92 Å². The molecule has 0 spiro atoms. The number of imidazole rings is 1. The van der Waals surface area contributed by atoms with Gasteiger partial charge < -0.3 is 14.9 Å². The predicted octanol–water partition coefficient (Wildman–Crippen LogP) is 3.22. The number of hydrogen-bond donors (Lipinski definition) is 2. The van der Waals surface area contributed by atoms with E-state index in [-0.39, 0.29) is 16.2 Å². The van der Waals surface area contributed by atoms with Gasteiger partial charge in [-0.05, 0) is 48.9 Å². The number of anilines is 1. The topological polar surface area (TPSA) is 116 Å². The van der Waals surface area contributed by atoms with Crippen LogP contribution in [0.3, 0.4) is 0 Å². The number of carbonyl (C=O) groups is 1. The Hall–Kier alpha value is -3.85. The highest BCUT2D eigenvalue weighted by molar-refractivity contribution is 7.92. The van der Waals surface area contributed by atoms with Crippen LogP contribution in [-0.4, -0.2) is 30.8 Å². The molecule has 8 nitrogen and oxygen atoms in total. The SMILES string of the molecule is COc1ccc(S(=O)(=O)Nc2cccc(-c3cn4cccc(C)c4n3)c2)cc1C(N)=O. The molecule has 2 aromatic heterocycles. The second-order valence-corrected chi connectivity index (χ2v) is 8.64. The highest BCUT2D eigenvalue weighted by atomic mass is 32.2. The number of methoxy groups -OCH3 is 1. The lowest BCUT2D eigenvalue weighted by molar-refractivity contribution is 0.0997. The third kappa shape index (κ3) is 3.95. The van der Waals surface area contributed by atoms with Gasteiger partial charge in [-0.25, -0.2) is 13.4 Å². The zero-order valence-corrected chi connectivity index (χ0v) is 17.7. The van der Waals surface area contributed by atoms with Gasteiger partial charge in [-0.15, -0.1) is 0 Å². The van der Waals surface area contributed by atoms with Crippen molar-refractivity contribution in [3.8, 4) is 17.0 Å². The minimum atomic E-state index is -3.96. The zero-order valence-electron chi connectivity index (χ0n) is 16.9. The maximum Gasteiger partial charge on any atom is 0.261 e. The Bertz CT molecular complexity index is 1410. The summed E-state index contributed by atoms with van der Waals surface area (Å²) in [7, 11) is -2.59. The zero-order chi connectivity index (χ0) is 22.2. The lowest BCUT2D eigenvalue weighted by Crippen LogP contribution is -2.16. The number of carbonyl (C=O) groups excluding carboxylic acids is 1. The van der Waals surface area contributed by atoms with Gasteiger partial charge >= 0.3 is 0 Å². The van der Waals surface area contributed by atoms with Crippen molar-refractivity contribution < 1.29 is 17.9 Å². The Morgan fingerprint density at radius 2 is 1.94 bits per heavy atom. The molecule has 2 aromatic carbocycles. The monoisotopic (exact) mass is 436 g/mol. The Kier molecular flexibility index (Phi) is 5.12. The molecule has 0 unspecified atom stereocenters. The van der Waals surface area contributed by atoms with Gasteiger partial charge in [0.05, 0.1) is 23.3 Å². The highest BCUT2D eigenvalue weighted by Crippen LogP contribution is 2.27. The second-order valence-electron chi connectivity index (χ2n) is 6.96. The summed E-state index contributed by atoms with van der Waals surface area (Å²) in [4.78, 5) is 16.2. The molecule has 0 aliphatic heterocycles. The molecule has 0 bridgehead atoms. The molecule has 4 rings (SSSR count). The van der Waals surface area contributed by atoms with Crippen molar-refractivity contribution in [2.24, 2.45) is 5.73 Å². The van der Waals surface area contributed by atoms with Gasteiger partial charge in [0.25, 0.3) is 15.9 Å². The molecule has 0 saturated heterocycles. The van der Waals surface area contributed by atoms with E-state index in [1.165, 1.54) is 25.3 Å². The first kappa shape index (κ1) is 20.4. The standard InChI is InChI=1S/C22H20N4O4S/c1-14-5-4-10-26-13-19(24-22(14)26)15-6-3-7-16(11-15)25-31(28,29)17-8-9-20(30-2)18(12-17)21(23)27/h3-13,25H,1-2H3,(H2,23,27). The molecule has 0 aliphatic rings. The minimum absolute atomic E-state index is 0.0146. The van der Waals surface area contributed by atoms with Gasteiger partial charge in [0, 0.05) is 23.6 Å². The van der Waals surface area contributed by atoms with Crippen LogP contribution in [0.1, 0.15) is 15.9 Å². The number of nitrogens with one attached hydrogen (secondary N) is 1. The van der Waals surface area contributed by atoms with E-state index in [1.807, 2.05) is 41.9 Å². The van der Waals surface area contributed by atoms with Crippen LogP contribution in [0.25, 0.3) is 16.9 Å². The molecule has 4 aromatic rings. The van der Waals surface area contributed by atoms with E-state index >= 15 is 0 Å². The fraction of sp³-hybridized carbons (Fsp3) is 0.0909. The first-order valence-corrected chi connectivity index (χ1v) is 10.8. The number of amides is 1. The maximum atomic E-state index is 12.9. The number of ether oxygens (including phenoxy) is 1. The lowest BCUT2D eigenvalue weighted by Gasteiger charge is -2.11. The highest BCUT2D eigenvalue weighted by Gasteiger charge is 2.19. The normalized spacial score (nSPS) is 11.4. The van der Waals surface area contributed by atoms with Crippen molar-refractivity contribution >= 4 is 27.3 Å². The van der Waals surface area contributed by atoms with E-state index in [1.54, 1.807) is 18.2 Å². The van der Waals surface area contributed by atoms with Gasteiger partial charge in [0.15, 0.2) is 0 Å². The van der Waals surface area contributed by atoms with Gasteiger partial charge in [0.1, 0.15) is 11.4 Å². The summed E-state index contributed by atoms with van der Waals surface area (Å²) in [5.74, 6) is -0.575. The molecule has 0 atom stereocenters. The number of hydrogen-bond acceptors (Lipinski definition) is 5. The van der Waals surface area contributed by atoms with Crippen molar-refractivity contribution in [1.29, 1.82) is 0 Å². The molecular formula is C22H20N4O4S. The average Bonchev–Trinajstić information content (AvgIpc) is 3.19. The molecule has 0 saturated carbocycles. The Morgan fingerprint density at radius 1 is 1.13 bits per heavy atom. The maximum absolute atomic E-state index is 12.9. The summed E-state index contributed by atoms with van der Waals surface area (Å²) in [6, 6.07) is 14.8. The number of aromatic nitrogens is 2. The van der Waals surface area contributed by atoms with Crippen LogP contribution < -0.4 is 15.2 Å². The number of nitrogens with zero attached hydrogens (tertiary/aromatic N) is 2. The van der Waals surface area contributed by atoms with Gasteiger partial charge in [-0.3, -0.25) is 9.52 Å². The molecule has 9 heteroatoms. The van der Waals surface area contributed by atoms with Gasteiger partial charge in [-0.2, -0.15) is 0 Å². The van der Waals surface area contributed by atoms with E-state index in [0.29, 0.717) is 5.69 Å². The van der Waals surface area contributed by atoms with Crippen LogP contribution >= 0.6 is 0 Å². The van der Waals surface area contributed by atoms with E-state index in [4.69, 9.17) is 10.5 Å². The van der Waals surface area contributed by atoms with Gasteiger partial charge in [0.2, 0.25) is 0 Å². The summed E-state index contributed by atoms with van der Waals surface area (Å²) >= 11 is 0. The van der Waals surface area contributed by atoms with Crippen molar-refractivity contribution in [2.75, 3.05) is 11.8 Å². The molecule has 3 N–H and O–H groups in total. The number of benzene rings is 2. The lowest BCUT2D eigenvalue weighted by atomic mass is 10.1. The van der Waals surface area contributed by atoms with E-state index in [2.05, 4.69) is 9.71 Å². The number of nitrogens with two attached hydrogens (primary N) is 1. The number of sulfonamides is 1.